The Balaban J connectivity index is 1.86. The summed E-state index contributed by atoms with van der Waals surface area (Å²) >= 11 is 11.8. The van der Waals surface area contributed by atoms with Crippen LogP contribution < -0.4 is 20.3 Å². The highest BCUT2D eigenvalue weighted by molar-refractivity contribution is 6.35. The molecule has 0 aliphatic carbocycles. The Labute approximate surface area is 167 Å². The first-order valence-electron chi connectivity index (χ1n) is 7.93. The number of carbonyl (C=O) groups is 2. The molecule has 27 heavy (non-hydrogen) atoms. The second kappa shape index (κ2) is 9.85. The molecule has 0 fully saturated rings. The monoisotopic (exact) mass is 408 g/mol. The van der Waals surface area contributed by atoms with E-state index in [0.29, 0.717) is 16.5 Å². The Morgan fingerprint density at radius 2 is 1.81 bits per heavy atom. The minimum atomic E-state index is -0.887. The minimum Gasteiger partial charge on any atom is -0.496 e. The van der Waals surface area contributed by atoms with Gasteiger partial charge < -0.3 is 9.47 Å². The van der Waals surface area contributed by atoms with Gasteiger partial charge in [-0.3, -0.25) is 20.4 Å². The van der Waals surface area contributed by atoms with Crippen LogP contribution in [0.25, 0.3) is 6.08 Å². The van der Waals surface area contributed by atoms with E-state index in [1.165, 1.54) is 19.1 Å². The summed E-state index contributed by atoms with van der Waals surface area (Å²) in [5.74, 6) is -0.107. The van der Waals surface area contributed by atoms with E-state index in [0.717, 1.165) is 5.56 Å². The van der Waals surface area contributed by atoms with E-state index >= 15 is 0 Å². The van der Waals surface area contributed by atoms with Gasteiger partial charge in [0.2, 0.25) is 0 Å². The average molecular weight is 409 g/mol. The van der Waals surface area contributed by atoms with E-state index in [2.05, 4.69) is 10.9 Å². The number of methoxy groups -OCH3 is 1. The van der Waals surface area contributed by atoms with Gasteiger partial charge in [0.25, 0.3) is 11.8 Å². The lowest BCUT2D eigenvalue weighted by molar-refractivity contribution is -0.131. The quantitative estimate of drug-likeness (QED) is 0.565. The van der Waals surface area contributed by atoms with E-state index in [1.54, 1.807) is 37.5 Å². The van der Waals surface area contributed by atoms with Crippen LogP contribution in [0.1, 0.15) is 12.5 Å². The third-order valence-electron chi connectivity index (χ3n) is 3.43. The average Bonchev–Trinajstić information content (AvgIpc) is 2.66. The zero-order chi connectivity index (χ0) is 19.8. The molecule has 2 aromatic carbocycles. The molecule has 0 saturated heterocycles. The maximum absolute atomic E-state index is 12.0. The van der Waals surface area contributed by atoms with Gasteiger partial charge in [-0.25, -0.2) is 0 Å². The van der Waals surface area contributed by atoms with Crippen LogP contribution in [0, 0.1) is 0 Å². The van der Waals surface area contributed by atoms with Gasteiger partial charge in [-0.15, -0.1) is 0 Å². The molecule has 1 atom stereocenters. The first-order chi connectivity index (χ1) is 12.9. The topological polar surface area (TPSA) is 76.7 Å². The SMILES string of the molecule is COc1ccccc1/C=C/C(=O)NNC(=O)C(C)Oc1ccc(Cl)cc1Cl. The number of halogens is 2. The highest BCUT2D eigenvalue weighted by Crippen LogP contribution is 2.28. The summed E-state index contributed by atoms with van der Waals surface area (Å²) < 4.78 is 10.7. The lowest BCUT2D eigenvalue weighted by Crippen LogP contribution is -2.46. The van der Waals surface area contributed by atoms with Crippen molar-refractivity contribution in [2.24, 2.45) is 0 Å². The summed E-state index contributed by atoms with van der Waals surface area (Å²) in [6.45, 7) is 1.52. The van der Waals surface area contributed by atoms with Crippen LogP contribution in [-0.2, 0) is 9.59 Å². The predicted molar refractivity (Wildman–Crippen MR) is 105 cm³/mol. The minimum absolute atomic E-state index is 0.283. The van der Waals surface area contributed by atoms with Crippen LogP contribution in [0.3, 0.4) is 0 Å². The third kappa shape index (κ3) is 6.20. The fourth-order valence-corrected chi connectivity index (χ4v) is 2.50. The van der Waals surface area contributed by atoms with Gasteiger partial charge in [0.1, 0.15) is 11.5 Å². The highest BCUT2D eigenvalue weighted by atomic mass is 35.5. The molecular formula is C19H18Cl2N2O4. The fraction of sp³-hybridized carbons (Fsp3) is 0.158. The van der Waals surface area contributed by atoms with E-state index < -0.39 is 17.9 Å². The standard InChI is InChI=1S/C19H18Cl2N2O4/c1-12(27-17-9-8-14(20)11-15(17)21)19(25)23-22-18(24)10-7-13-5-3-4-6-16(13)26-2/h3-12H,1-2H3,(H,22,24)(H,23,25)/b10-7+. The molecule has 0 spiro atoms. The normalized spacial score (nSPS) is 11.7. The summed E-state index contributed by atoms with van der Waals surface area (Å²) in [7, 11) is 1.54. The van der Waals surface area contributed by atoms with Gasteiger partial charge in [0.15, 0.2) is 6.10 Å². The van der Waals surface area contributed by atoms with E-state index in [-0.39, 0.29) is 5.02 Å². The van der Waals surface area contributed by atoms with Crippen molar-refractivity contribution in [3.63, 3.8) is 0 Å². The van der Waals surface area contributed by atoms with Crippen molar-refractivity contribution in [2.45, 2.75) is 13.0 Å². The number of hydrazine groups is 1. The van der Waals surface area contributed by atoms with Crippen molar-refractivity contribution < 1.29 is 19.1 Å². The van der Waals surface area contributed by atoms with Gasteiger partial charge in [-0.05, 0) is 37.3 Å². The lowest BCUT2D eigenvalue weighted by Gasteiger charge is -2.15. The van der Waals surface area contributed by atoms with Gasteiger partial charge in [-0.2, -0.15) is 0 Å². The molecule has 0 aromatic heterocycles. The van der Waals surface area contributed by atoms with E-state index in [9.17, 15) is 9.59 Å². The zero-order valence-electron chi connectivity index (χ0n) is 14.7. The molecule has 0 radical (unpaired) electrons. The molecule has 8 heteroatoms. The third-order valence-corrected chi connectivity index (χ3v) is 3.96. The number of rotatable bonds is 6. The Bertz CT molecular complexity index is 855. The van der Waals surface area contributed by atoms with Crippen LogP contribution in [0.2, 0.25) is 10.0 Å². The number of para-hydroxylation sites is 1. The van der Waals surface area contributed by atoms with E-state index in [1.807, 2.05) is 12.1 Å². The molecule has 0 aliphatic rings. The Kier molecular flexibility index (Phi) is 7.52. The van der Waals surface area contributed by atoms with Crippen LogP contribution >= 0.6 is 23.2 Å². The van der Waals surface area contributed by atoms with Crippen molar-refractivity contribution >= 4 is 41.1 Å². The first kappa shape index (κ1) is 20.6. The summed E-state index contributed by atoms with van der Waals surface area (Å²) in [6.07, 6.45) is 1.97. The maximum atomic E-state index is 12.0. The van der Waals surface area contributed by atoms with Crippen molar-refractivity contribution in [1.82, 2.24) is 10.9 Å². The second-order valence-electron chi connectivity index (χ2n) is 5.39. The molecule has 1 unspecified atom stereocenters. The molecule has 2 N–H and O–H groups in total. The Morgan fingerprint density at radius 1 is 1.07 bits per heavy atom. The summed E-state index contributed by atoms with van der Waals surface area (Å²) in [5.41, 5.74) is 5.30. The summed E-state index contributed by atoms with van der Waals surface area (Å²) in [5, 5.41) is 0.740. The Morgan fingerprint density at radius 3 is 2.52 bits per heavy atom. The van der Waals surface area contributed by atoms with Crippen molar-refractivity contribution in [3.8, 4) is 11.5 Å². The molecule has 0 bridgehead atoms. The lowest BCUT2D eigenvalue weighted by atomic mass is 10.2. The number of ether oxygens (including phenoxy) is 2. The number of hydrogen-bond acceptors (Lipinski definition) is 4. The fourth-order valence-electron chi connectivity index (χ4n) is 2.05. The molecule has 2 rings (SSSR count). The number of amides is 2. The van der Waals surface area contributed by atoms with Gasteiger partial charge in [0, 0.05) is 16.7 Å². The molecule has 6 nitrogen and oxygen atoms in total. The van der Waals surface area contributed by atoms with Crippen LogP contribution in [0.15, 0.2) is 48.5 Å². The molecule has 2 amide bonds. The van der Waals surface area contributed by atoms with Crippen molar-refractivity contribution in [1.29, 1.82) is 0 Å². The largest absolute Gasteiger partial charge is 0.496 e. The van der Waals surface area contributed by atoms with Gasteiger partial charge in [-0.1, -0.05) is 41.4 Å². The molecule has 0 aliphatic heterocycles. The zero-order valence-corrected chi connectivity index (χ0v) is 16.2. The molecule has 142 valence electrons. The van der Waals surface area contributed by atoms with Crippen LogP contribution in [0.5, 0.6) is 11.5 Å². The van der Waals surface area contributed by atoms with Gasteiger partial charge >= 0.3 is 0 Å². The maximum Gasteiger partial charge on any atom is 0.279 e. The molecule has 0 saturated carbocycles. The number of nitrogens with one attached hydrogen (secondary N) is 2. The number of benzene rings is 2. The number of hydrogen-bond donors (Lipinski definition) is 2. The molecule has 0 heterocycles. The van der Waals surface area contributed by atoms with E-state index in [4.69, 9.17) is 32.7 Å². The summed E-state index contributed by atoms with van der Waals surface area (Å²) in [6, 6.07) is 11.9. The first-order valence-corrected chi connectivity index (χ1v) is 8.69. The van der Waals surface area contributed by atoms with Crippen molar-refractivity contribution in [3.05, 3.63) is 64.1 Å². The van der Waals surface area contributed by atoms with Crippen LogP contribution in [-0.4, -0.2) is 25.0 Å². The second-order valence-corrected chi connectivity index (χ2v) is 6.23. The van der Waals surface area contributed by atoms with Crippen molar-refractivity contribution in [2.75, 3.05) is 7.11 Å². The highest BCUT2D eigenvalue weighted by Gasteiger charge is 2.16. The summed E-state index contributed by atoms with van der Waals surface area (Å²) in [4.78, 5) is 23.9. The Hall–Kier alpha value is -2.70. The van der Waals surface area contributed by atoms with Gasteiger partial charge in [0.05, 0.1) is 12.1 Å². The number of carbonyl (C=O) groups excluding carboxylic acids is 2. The predicted octanol–water partition coefficient (Wildman–Crippen LogP) is 3.63. The van der Waals surface area contributed by atoms with Crippen LogP contribution in [0.4, 0.5) is 0 Å². The molecule has 2 aromatic rings. The molecular weight excluding hydrogens is 391 g/mol. The smallest absolute Gasteiger partial charge is 0.279 e.